The summed E-state index contributed by atoms with van der Waals surface area (Å²) in [5.41, 5.74) is 1.37. The summed E-state index contributed by atoms with van der Waals surface area (Å²) in [4.78, 5) is 2.55. The zero-order chi connectivity index (χ0) is 15.9. The molecular formula is C18H28N2O2S. The first-order valence-corrected chi connectivity index (χ1v) is 9.79. The molecule has 0 amide bonds. The maximum Gasteiger partial charge on any atom is 0.118 e. The fourth-order valence-electron chi connectivity index (χ4n) is 3.35. The molecule has 0 aliphatic carbocycles. The van der Waals surface area contributed by atoms with E-state index in [1.165, 1.54) is 29.9 Å². The van der Waals surface area contributed by atoms with Gasteiger partial charge in [-0.1, -0.05) is 12.1 Å². The predicted octanol–water partition coefficient (Wildman–Crippen LogP) is 2.55. The van der Waals surface area contributed by atoms with Crippen LogP contribution < -0.4 is 10.1 Å². The third-order valence-corrected chi connectivity index (χ3v) is 5.86. The van der Waals surface area contributed by atoms with Crippen molar-refractivity contribution in [1.82, 2.24) is 10.2 Å². The van der Waals surface area contributed by atoms with Crippen LogP contribution in [0.5, 0.6) is 5.75 Å². The molecule has 2 aliphatic rings. The average Bonchev–Trinajstić information content (AvgIpc) is 2.64. The highest BCUT2D eigenvalue weighted by molar-refractivity contribution is 7.99. The van der Waals surface area contributed by atoms with Gasteiger partial charge in [0, 0.05) is 31.7 Å². The molecule has 1 aromatic carbocycles. The quantitative estimate of drug-likeness (QED) is 0.863. The lowest BCUT2D eigenvalue weighted by Crippen LogP contribution is -2.45. The molecule has 128 valence electrons. The van der Waals surface area contributed by atoms with Crippen molar-refractivity contribution in [1.29, 1.82) is 0 Å². The van der Waals surface area contributed by atoms with Crippen molar-refractivity contribution < 1.29 is 9.47 Å². The Morgan fingerprint density at radius 1 is 1.22 bits per heavy atom. The number of nitrogens with one attached hydrogen (secondary N) is 1. The van der Waals surface area contributed by atoms with Gasteiger partial charge in [0.1, 0.15) is 5.75 Å². The number of rotatable bonds is 6. The van der Waals surface area contributed by atoms with E-state index in [1.807, 2.05) is 0 Å². The van der Waals surface area contributed by atoms with E-state index in [0.29, 0.717) is 12.1 Å². The van der Waals surface area contributed by atoms with Gasteiger partial charge in [-0.05, 0) is 42.0 Å². The van der Waals surface area contributed by atoms with Gasteiger partial charge in [-0.15, -0.1) is 0 Å². The minimum atomic E-state index is 0.416. The molecule has 1 N–H and O–H groups in total. The maximum atomic E-state index is 5.53. The van der Waals surface area contributed by atoms with Crippen molar-refractivity contribution in [3.63, 3.8) is 0 Å². The summed E-state index contributed by atoms with van der Waals surface area (Å²) in [5.74, 6) is 3.51. The lowest BCUT2D eigenvalue weighted by atomic mass is 10.0. The average molecular weight is 337 g/mol. The van der Waals surface area contributed by atoms with Crippen molar-refractivity contribution >= 4 is 11.8 Å². The third-order valence-electron chi connectivity index (χ3n) is 4.81. The number of benzene rings is 1. The van der Waals surface area contributed by atoms with Crippen molar-refractivity contribution in [2.75, 3.05) is 51.5 Å². The number of nitrogens with zero attached hydrogens (tertiary/aromatic N) is 1. The second-order valence-corrected chi connectivity index (χ2v) is 7.46. The number of morpholine rings is 1. The Morgan fingerprint density at radius 3 is 2.57 bits per heavy atom. The lowest BCUT2D eigenvalue weighted by Gasteiger charge is -2.36. The summed E-state index contributed by atoms with van der Waals surface area (Å²) in [5, 5.41) is 3.82. The molecule has 2 heterocycles. The first-order chi connectivity index (χ1) is 11.4. The van der Waals surface area contributed by atoms with Gasteiger partial charge in [0.15, 0.2) is 0 Å². The van der Waals surface area contributed by atoms with Crippen LogP contribution in [0.25, 0.3) is 0 Å². The SMILES string of the molecule is COc1ccc(C(CNC2CCSCC2)N2CCOCC2)cc1. The van der Waals surface area contributed by atoms with E-state index in [1.54, 1.807) is 7.11 Å². The summed E-state index contributed by atoms with van der Waals surface area (Å²) < 4.78 is 10.8. The van der Waals surface area contributed by atoms with Crippen LogP contribution in [0.4, 0.5) is 0 Å². The van der Waals surface area contributed by atoms with E-state index in [2.05, 4.69) is 46.2 Å². The number of methoxy groups -OCH3 is 1. The maximum absolute atomic E-state index is 5.53. The van der Waals surface area contributed by atoms with E-state index in [9.17, 15) is 0 Å². The Bertz CT molecular complexity index is 457. The topological polar surface area (TPSA) is 33.7 Å². The van der Waals surface area contributed by atoms with E-state index >= 15 is 0 Å². The first-order valence-electron chi connectivity index (χ1n) is 8.63. The van der Waals surface area contributed by atoms with Gasteiger partial charge in [-0.2, -0.15) is 11.8 Å². The Kier molecular flexibility index (Phi) is 6.63. The molecule has 1 unspecified atom stereocenters. The Labute approximate surface area is 143 Å². The predicted molar refractivity (Wildman–Crippen MR) is 96.5 cm³/mol. The minimum Gasteiger partial charge on any atom is -0.497 e. The van der Waals surface area contributed by atoms with Crippen molar-refractivity contribution in [2.24, 2.45) is 0 Å². The monoisotopic (exact) mass is 336 g/mol. The van der Waals surface area contributed by atoms with Crippen molar-refractivity contribution in [3.8, 4) is 5.75 Å². The molecule has 1 atom stereocenters. The Morgan fingerprint density at radius 2 is 1.91 bits per heavy atom. The molecule has 0 spiro atoms. The molecule has 5 heteroatoms. The van der Waals surface area contributed by atoms with Gasteiger partial charge < -0.3 is 14.8 Å². The lowest BCUT2D eigenvalue weighted by molar-refractivity contribution is 0.0155. The van der Waals surface area contributed by atoms with Crippen LogP contribution in [0.1, 0.15) is 24.4 Å². The Balaban J connectivity index is 1.66. The third kappa shape index (κ3) is 4.86. The van der Waals surface area contributed by atoms with Crippen LogP contribution in [0.15, 0.2) is 24.3 Å². The van der Waals surface area contributed by atoms with Crippen molar-refractivity contribution in [2.45, 2.75) is 24.9 Å². The number of thioether (sulfide) groups is 1. The smallest absolute Gasteiger partial charge is 0.118 e. The van der Waals surface area contributed by atoms with Crippen LogP contribution in [0.2, 0.25) is 0 Å². The van der Waals surface area contributed by atoms with Crippen LogP contribution in [-0.4, -0.2) is 62.4 Å². The molecule has 0 aromatic heterocycles. The molecule has 2 aliphatic heterocycles. The van der Waals surface area contributed by atoms with Gasteiger partial charge in [-0.3, -0.25) is 4.90 Å². The number of ether oxygens (including phenoxy) is 2. The Hall–Kier alpha value is -0.750. The van der Waals surface area contributed by atoms with Gasteiger partial charge in [0.25, 0.3) is 0 Å². The largest absolute Gasteiger partial charge is 0.497 e. The van der Waals surface area contributed by atoms with Crippen LogP contribution in [0.3, 0.4) is 0 Å². The molecule has 23 heavy (non-hydrogen) atoms. The molecule has 0 radical (unpaired) electrons. The summed E-state index contributed by atoms with van der Waals surface area (Å²) in [6, 6.07) is 9.65. The summed E-state index contributed by atoms with van der Waals surface area (Å²) in [7, 11) is 1.72. The van der Waals surface area contributed by atoms with E-state index in [-0.39, 0.29) is 0 Å². The van der Waals surface area contributed by atoms with Crippen LogP contribution >= 0.6 is 11.8 Å². The van der Waals surface area contributed by atoms with E-state index in [4.69, 9.17) is 9.47 Å². The number of hydrogen-bond acceptors (Lipinski definition) is 5. The zero-order valence-corrected chi connectivity index (χ0v) is 14.8. The molecule has 4 nitrogen and oxygen atoms in total. The standard InChI is InChI=1S/C18H28N2O2S/c1-21-17-4-2-15(3-5-17)18(20-8-10-22-11-9-20)14-19-16-6-12-23-13-7-16/h2-5,16,18-19H,6-14H2,1H3. The van der Waals surface area contributed by atoms with Crippen LogP contribution in [0, 0.1) is 0 Å². The normalized spacial score (nSPS) is 22.0. The fourth-order valence-corrected chi connectivity index (χ4v) is 4.46. The second-order valence-electron chi connectivity index (χ2n) is 6.23. The molecule has 1 aromatic rings. The highest BCUT2D eigenvalue weighted by Crippen LogP contribution is 2.25. The highest BCUT2D eigenvalue weighted by atomic mass is 32.2. The van der Waals surface area contributed by atoms with Crippen LogP contribution in [-0.2, 0) is 4.74 Å². The second kappa shape index (κ2) is 8.92. The first kappa shape index (κ1) is 17.1. The minimum absolute atomic E-state index is 0.416. The highest BCUT2D eigenvalue weighted by Gasteiger charge is 2.24. The summed E-state index contributed by atoms with van der Waals surface area (Å²) >= 11 is 2.08. The van der Waals surface area contributed by atoms with Gasteiger partial charge >= 0.3 is 0 Å². The molecule has 2 fully saturated rings. The molecular weight excluding hydrogens is 308 g/mol. The molecule has 0 bridgehead atoms. The van der Waals surface area contributed by atoms with Gasteiger partial charge in [0.2, 0.25) is 0 Å². The van der Waals surface area contributed by atoms with Gasteiger partial charge in [0.05, 0.1) is 20.3 Å². The fraction of sp³-hybridized carbons (Fsp3) is 0.667. The molecule has 0 saturated carbocycles. The van der Waals surface area contributed by atoms with E-state index in [0.717, 1.165) is 38.6 Å². The molecule has 3 rings (SSSR count). The van der Waals surface area contributed by atoms with E-state index < -0.39 is 0 Å². The zero-order valence-electron chi connectivity index (χ0n) is 14.0. The molecule has 2 saturated heterocycles. The summed E-state index contributed by atoms with van der Waals surface area (Å²) in [6.45, 7) is 4.72. The van der Waals surface area contributed by atoms with Crippen molar-refractivity contribution in [3.05, 3.63) is 29.8 Å². The number of hydrogen-bond donors (Lipinski definition) is 1. The summed E-state index contributed by atoms with van der Waals surface area (Å²) in [6.07, 6.45) is 2.59. The van der Waals surface area contributed by atoms with Gasteiger partial charge in [-0.25, -0.2) is 0 Å².